The van der Waals surface area contributed by atoms with Gasteiger partial charge in [0.05, 0.1) is 12.1 Å². The molecule has 2 atom stereocenters. The van der Waals surface area contributed by atoms with Crippen molar-refractivity contribution in [1.82, 2.24) is 10.6 Å². The zero-order valence-electron chi connectivity index (χ0n) is 15.6. The van der Waals surface area contributed by atoms with E-state index in [2.05, 4.69) is 10.6 Å². The summed E-state index contributed by atoms with van der Waals surface area (Å²) >= 11 is 6.17. The lowest BCUT2D eigenvalue weighted by Crippen LogP contribution is -2.59. The van der Waals surface area contributed by atoms with Gasteiger partial charge in [-0.25, -0.2) is 0 Å². The molecule has 142 valence electrons. The van der Waals surface area contributed by atoms with Gasteiger partial charge in [-0.15, -0.1) is 11.6 Å². The second-order valence-electron chi connectivity index (χ2n) is 7.30. The molecule has 2 aromatic carbocycles. The third kappa shape index (κ3) is 4.16. The molecule has 2 N–H and O–H groups in total. The largest absolute Gasteiger partial charge is 0.349 e. The standard InChI is InChI=1S/C22H25ClN2O2/c1-15(17-9-5-3-6-10-17)24-20(26)22(13-19(23)14-22)21(27)25-16(2)18-11-7-4-8-12-18/h3-12,15-16,19H,13-14H2,1-2H3,(H,24,26)(H,25,27). The molecular weight excluding hydrogens is 360 g/mol. The SMILES string of the molecule is CC(NC(=O)C1(C(=O)NC(C)c2ccccc2)CC(Cl)C1)c1ccccc1. The zero-order chi connectivity index (χ0) is 19.4. The minimum atomic E-state index is -1.10. The Kier molecular flexibility index (Phi) is 5.85. The molecule has 27 heavy (non-hydrogen) atoms. The van der Waals surface area contributed by atoms with E-state index in [0.717, 1.165) is 11.1 Å². The van der Waals surface area contributed by atoms with Gasteiger partial charge in [-0.3, -0.25) is 9.59 Å². The first-order valence-corrected chi connectivity index (χ1v) is 9.72. The van der Waals surface area contributed by atoms with Crippen molar-refractivity contribution in [2.45, 2.75) is 44.1 Å². The zero-order valence-corrected chi connectivity index (χ0v) is 16.4. The second kappa shape index (κ2) is 8.13. The summed E-state index contributed by atoms with van der Waals surface area (Å²) in [5, 5.41) is 5.84. The highest BCUT2D eigenvalue weighted by Crippen LogP contribution is 2.45. The summed E-state index contributed by atoms with van der Waals surface area (Å²) in [4.78, 5) is 26.0. The Labute approximate surface area is 165 Å². The van der Waals surface area contributed by atoms with Crippen molar-refractivity contribution in [3.8, 4) is 0 Å². The Hall–Kier alpha value is -2.33. The predicted molar refractivity (Wildman–Crippen MR) is 107 cm³/mol. The van der Waals surface area contributed by atoms with Crippen molar-refractivity contribution < 1.29 is 9.59 Å². The number of hydrogen-bond acceptors (Lipinski definition) is 2. The molecule has 5 heteroatoms. The van der Waals surface area contributed by atoms with Crippen LogP contribution >= 0.6 is 11.6 Å². The molecular formula is C22H25ClN2O2. The highest BCUT2D eigenvalue weighted by atomic mass is 35.5. The highest BCUT2D eigenvalue weighted by molar-refractivity contribution is 6.23. The lowest BCUT2D eigenvalue weighted by Gasteiger charge is -2.43. The summed E-state index contributed by atoms with van der Waals surface area (Å²) in [6.07, 6.45) is 0.713. The van der Waals surface area contributed by atoms with Crippen LogP contribution in [-0.2, 0) is 9.59 Å². The molecule has 0 saturated heterocycles. The molecule has 1 aliphatic carbocycles. The number of carbonyl (C=O) groups is 2. The molecule has 2 aromatic rings. The van der Waals surface area contributed by atoms with E-state index in [1.165, 1.54) is 0 Å². The molecule has 2 unspecified atom stereocenters. The minimum absolute atomic E-state index is 0.152. The third-order valence-electron chi connectivity index (χ3n) is 5.30. The van der Waals surface area contributed by atoms with E-state index in [4.69, 9.17) is 11.6 Å². The van der Waals surface area contributed by atoms with Gasteiger partial charge in [0.1, 0.15) is 5.41 Å². The lowest BCUT2D eigenvalue weighted by atomic mass is 9.66. The van der Waals surface area contributed by atoms with E-state index < -0.39 is 5.41 Å². The molecule has 0 radical (unpaired) electrons. The van der Waals surface area contributed by atoms with Crippen LogP contribution in [0, 0.1) is 5.41 Å². The van der Waals surface area contributed by atoms with Crippen molar-refractivity contribution in [1.29, 1.82) is 0 Å². The fraction of sp³-hybridized carbons (Fsp3) is 0.364. The normalized spacial score (nSPS) is 23.6. The first-order chi connectivity index (χ1) is 12.9. The molecule has 0 aromatic heterocycles. The summed E-state index contributed by atoms with van der Waals surface area (Å²) in [5.41, 5.74) is 0.903. The first-order valence-electron chi connectivity index (χ1n) is 9.28. The molecule has 2 amide bonds. The fourth-order valence-electron chi connectivity index (χ4n) is 3.49. The highest BCUT2D eigenvalue weighted by Gasteiger charge is 2.55. The Morgan fingerprint density at radius 1 is 0.852 bits per heavy atom. The smallest absolute Gasteiger partial charge is 0.236 e. The number of amides is 2. The molecule has 3 rings (SSSR count). The summed E-state index contributed by atoms with van der Waals surface area (Å²) in [6.45, 7) is 3.84. The molecule has 0 spiro atoms. The summed E-state index contributed by atoms with van der Waals surface area (Å²) in [7, 11) is 0. The Morgan fingerprint density at radius 3 is 1.56 bits per heavy atom. The van der Waals surface area contributed by atoms with Crippen molar-refractivity contribution in [3.63, 3.8) is 0 Å². The van der Waals surface area contributed by atoms with Gasteiger partial charge in [-0.1, -0.05) is 60.7 Å². The molecule has 1 saturated carbocycles. The average molecular weight is 385 g/mol. The van der Waals surface area contributed by atoms with Crippen LogP contribution < -0.4 is 10.6 Å². The average Bonchev–Trinajstić information content (AvgIpc) is 2.66. The van der Waals surface area contributed by atoms with E-state index in [9.17, 15) is 9.59 Å². The Morgan fingerprint density at radius 2 is 1.22 bits per heavy atom. The van der Waals surface area contributed by atoms with E-state index in [-0.39, 0.29) is 29.3 Å². The maximum Gasteiger partial charge on any atom is 0.236 e. The maximum absolute atomic E-state index is 13.0. The van der Waals surface area contributed by atoms with E-state index in [1.807, 2.05) is 74.5 Å². The van der Waals surface area contributed by atoms with Gasteiger partial charge in [0, 0.05) is 5.38 Å². The minimum Gasteiger partial charge on any atom is -0.349 e. The second-order valence-corrected chi connectivity index (χ2v) is 7.92. The molecule has 0 bridgehead atoms. The monoisotopic (exact) mass is 384 g/mol. The number of rotatable bonds is 6. The number of hydrogen-bond donors (Lipinski definition) is 2. The molecule has 0 aliphatic heterocycles. The summed E-state index contributed by atoms with van der Waals surface area (Å²) < 4.78 is 0. The quantitative estimate of drug-likeness (QED) is 0.581. The van der Waals surface area contributed by atoms with Crippen molar-refractivity contribution in [3.05, 3.63) is 71.8 Å². The summed E-state index contributed by atoms with van der Waals surface area (Å²) in [6, 6.07) is 19.1. The van der Waals surface area contributed by atoms with Crippen LogP contribution in [0.5, 0.6) is 0 Å². The first kappa shape index (κ1) is 19.4. The van der Waals surface area contributed by atoms with Crippen LogP contribution in [-0.4, -0.2) is 17.2 Å². The molecule has 4 nitrogen and oxygen atoms in total. The number of nitrogens with one attached hydrogen (secondary N) is 2. The van der Waals surface area contributed by atoms with E-state index in [1.54, 1.807) is 0 Å². The lowest BCUT2D eigenvalue weighted by molar-refractivity contribution is -0.150. The van der Waals surface area contributed by atoms with Crippen molar-refractivity contribution >= 4 is 23.4 Å². The topological polar surface area (TPSA) is 58.2 Å². The predicted octanol–water partition coefficient (Wildman–Crippen LogP) is 4.13. The van der Waals surface area contributed by atoms with Gasteiger partial charge in [0.15, 0.2) is 0 Å². The number of carbonyl (C=O) groups excluding carboxylic acids is 2. The van der Waals surface area contributed by atoms with Gasteiger partial charge in [-0.05, 0) is 37.8 Å². The molecule has 0 heterocycles. The number of halogens is 1. The van der Waals surface area contributed by atoms with Gasteiger partial charge in [0.2, 0.25) is 11.8 Å². The van der Waals surface area contributed by atoms with Crippen LogP contribution in [0.3, 0.4) is 0 Å². The fourth-order valence-corrected chi connectivity index (χ4v) is 4.02. The number of benzene rings is 2. The van der Waals surface area contributed by atoms with Gasteiger partial charge in [-0.2, -0.15) is 0 Å². The maximum atomic E-state index is 13.0. The van der Waals surface area contributed by atoms with Gasteiger partial charge >= 0.3 is 0 Å². The third-order valence-corrected chi connectivity index (χ3v) is 5.61. The van der Waals surface area contributed by atoms with Crippen LogP contribution in [0.1, 0.15) is 49.9 Å². The van der Waals surface area contributed by atoms with Crippen LogP contribution in [0.25, 0.3) is 0 Å². The van der Waals surface area contributed by atoms with Crippen LogP contribution in [0.15, 0.2) is 60.7 Å². The van der Waals surface area contributed by atoms with Crippen molar-refractivity contribution in [2.75, 3.05) is 0 Å². The van der Waals surface area contributed by atoms with E-state index in [0.29, 0.717) is 12.8 Å². The van der Waals surface area contributed by atoms with Crippen LogP contribution in [0.4, 0.5) is 0 Å². The molecule has 1 aliphatic rings. The van der Waals surface area contributed by atoms with Crippen LogP contribution in [0.2, 0.25) is 0 Å². The van der Waals surface area contributed by atoms with Gasteiger partial charge < -0.3 is 10.6 Å². The van der Waals surface area contributed by atoms with Crippen molar-refractivity contribution in [2.24, 2.45) is 5.41 Å². The number of alkyl halides is 1. The molecule has 1 fully saturated rings. The Balaban J connectivity index is 1.71. The summed E-state index contributed by atoms with van der Waals surface area (Å²) in [5.74, 6) is -0.512. The van der Waals surface area contributed by atoms with Gasteiger partial charge in [0.25, 0.3) is 0 Å². The Bertz CT molecular complexity index is 727. The van der Waals surface area contributed by atoms with E-state index >= 15 is 0 Å².